The average molecular weight is 270 g/mol. The minimum atomic E-state index is -0.958. The Balaban J connectivity index is 2.54. The van der Waals surface area contributed by atoms with Gasteiger partial charge < -0.3 is 10.6 Å². The van der Waals surface area contributed by atoms with Crippen LogP contribution < -0.4 is 10.6 Å². The summed E-state index contributed by atoms with van der Waals surface area (Å²) in [5.74, 6) is -2.83. The third-order valence-corrected chi connectivity index (χ3v) is 2.61. The second kappa shape index (κ2) is 6.82. The number of hydrogen-bond acceptors (Lipinski definition) is 2. The second-order valence-corrected chi connectivity index (χ2v) is 4.18. The van der Waals surface area contributed by atoms with Crippen molar-refractivity contribution in [3.63, 3.8) is 0 Å². The molecule has 0 heterocycles. The van der Waals surface area contributed by atoms with Crippen LogP contribution in [-0.2, 0) is 4.79 Å². The van der Waals surface area contributed by atoms with Gasteiger partial charge in [0.25, 0.3) is 5.91 Å². The Morgan fingerprint density at radius 1 is 1.32 bits per heavy atom. The highest BCUT2D eigenvalue weighted by Crippen LogP contribution is 2.08. The van der Waals surface area contributed by atoms with Crippen molar-refractivity contribution in [2.24, 2.45) is 0 Å². The number of carbonyl (C=O) groups excluding carboxylic acids is 2. The fraction of sp³-hybridized carbons (Fsp3) is 0.385. The van der Waals surface area contributed by atoms with Gasteiger partial charge in [-0.3, -0.25) is 9.59 Å². The lowest BCUT2D eigenvalue weighted by molar-refractivity contribution is -0.120. The number of hydrogen-bond donors (Lipinski definition) is 2. The molecule has 2 amide bonds. The molecule has 1 unspecified atom stereocenters. The maximum absolute atomic E-state index is 13.3. The van der Waals surface area contributed by atoms with Crippen molar-refractivity contribution in [3.8, 4) is 0 Å². The van der Waals surface area contributed by atoms with Crippen LogP contribution in [0.4, 0.5) is 8.78 Å². The van der Waals surface area contributed by atoms with E-state index in [2.05, 4.69) is 10.6 Å². The monoisotopic (exact) mass is 270 g/mol. The molecule has 0 aromatic heterocycles. The third-order valence-electron chi connectivity index (χ3n) is 2.61. The smallest absolute Gasteiger partial charge is 0.254 e. The number of carbonyl (C=O) groups is 2. The molecule has 0 aliphatic carbocycles. The summed E-state index contributed by atoms with van der Waals surface area (Å²) in [7, 11) is 0. The normalized spacial score (nSPS) is 11.8. The van der Waals surface area contributed by atoms with Crippen LogP contribution in [0, 0.1) is 11.6 Å². The summed E-state index contributed by atoms with van der Waals surface area (Å²) >= 11 is 0. The molecule has 6 heteroatoms. The van der Waals surface area contributed by atoms with Gasteiger partial charge in [0, 0.05) is 12.1 Å². The average Bonchev–Trinajstić information content (AvgIpc) is 2.35. The molecule has 0 saturated heterocycles. The van der Waals surface area contributed by atoms with Gasteiger partial charge in [-0.2, -0.15) is 0 Å². The molecular formula is C13H16F2N2O2. The molecule has 4 nitrogen and oxygen atoms in total. The fourth-order valence-electron chi connectivity index (χ4n) is 1.36. The van der Waals surface area contributed by atoms with E-state index in [1.54, 1.807) is 0 Å². The van der Waals surface area contributed by atoms with Crippen molar-refractivity contribution in [2.45, 2.75) is 26.3 Å². The van der Waals surface area contributed by atoms with Gasteiger partial charge >= 0.3 is 0 Å². The predicted molar refractivity (Wildman–Crippen MR) is 66.6 cm³/mol. The van der Waals surface area contributed by atoms with Crippen molar-refractivity contribution < 1.29 is 18.4 Å². The van der Waals surface area contributed by atoms with Gasteiger partial charge in [0.2, 0.25) is 5.91 Å². The Hall–Kier alpha value is -1.98. The molecule has 0 spiro atoms. The van der Waals surface area contributed by atoms with Crippen LogP contribution in [0.5, 0.6) is 0 Å². The van der Waals surface area contributed by atoms with Crippen molar-refractivity contribution in [2.75, 3.05) is 6.54 Å². The summed E-state index contributed by atoms with van der Waals surface area (Å²) < 4.78 is 26.0. The first-order chi connectivity index (χ1) is 8.93. The zero-order valence-corrected chi connectivity index (χ0v) is 10.8. The molecule has 1 rings (SSSR count). The summed E-state index contributed by atoms with van der Waals surface area (Å²) in [6.45, 7) is 3.50. The molecule has 0 aliphatic heterocycles. The van der Waals surface area contributed by atoms with E-state index in [0.717, 1.165) is 18.6 Å². The van der Waals surface area contributed by atoms with Crippen LogP contribution in [0.3, 0.4) is 0 Å². The molecule has 1 atom stereocenters. The van der Waals surface area contributed by atoms with E-state index in [0.29, 0.717) is 6.07 Å². The van der Waals surface area contributed by atoms with Crippen molar-refractivity contribution in [1.29, 1.82) is 0 Å². The van der Waals surface area contributed by atoms with E-state index in [1.165, 1.54) is 0 Å². The molecule has 0 aliphatic rings. The zero-order valence-electron chi connectivity index (χ0n) is 10.8. The highest BCUT2D eigenvalue weighted by atomic mass is 19.1. The number of nitrogens with one attached hydrogen (secondary N) is 2. The number of rotatable bonds is 5. The maximum atomic E-state index is 13.3. The minimum absolute atomic E-state index is 0.00644. The Labute approximate surface area is 110 Å². The van der Waals surface area contributed by atoms with E-state index in [9.17, 15) is 18.4 Å². The highest BCUT2D eigenvalue weighted by Gasteiger charge is 2.13. The summed E-state index contributed by atoms with van der Waals surface area (Å²) in [4.78, 5) is 23.0. The number of halogens is 2. The first-order valence-corrected chi connectivity index (χ1v) is 5.96. The van der Waals surface area contributed by atoms with Gasteiger partial charge in [0.1, 0.15) is 11.6 Å². The van der Waals surface area contributed by atoms with Crippen LogP contribution >= 0.6 is 0 Å². The van der Waals surface area contributed by atoms with Gasteiger partial charge in [0.05, 0.1) is 12.1 Å². The van der Waals surface area contributed by atoms with Crippen molar-refractivity contribution >= 4 is 11.8 Å². The first kappa shape index (κ1) is 15.1. The maximum Gasteiger partial charge on any atom is 0.254 e. The SMILES string of the molecule is CCC(C)NC(=O)CNC(=O)c1ccc(F)cc1F. The molecule has 19 heavy (non-hydrogen) atoms. The van der Waals surface area contributed by atoms with E-state index in [1.807, 2.05) is 13.8 Å². The molecule has 0 radical (unpaired) electrons. The fourth-order valence-corrected chi connectivity index (χ4v) is 1.36. The molecule has 0 bridgehead atoms. The largest absolute Gasteiger partial charge is 0.352 e. The Morgan fingerprint density at radius 3 is 2.58 bits per heavy atom. The van der Waals surface area contributed by atoms with Gasteiger partial charge in [0.15, 0.2) is 0 Å². The highest BCUT2D eigenvalue weighted by molar-refractivity contribution is 5.96. The lowest BCUT2D eigenvalue weighted by Crippen LogP contribution is -2.40. The lowest BCUT2D eigenvalue weighted by Gasteiger charge is -2.12. The van der Waals surface area contributed by atoms with E-state index in [4.69, 9.17) is 0 Å². The molecule has 1 aromatic carbocycles. The topological polar surface area (TPSA) is 58.2 Å². The summed E-state index contributed by atoms with van der Waals surface area (Å²) in [6.07, 6.45) is 0.770. The molecular weight excluding hydrogens is 254 g/mol. The predicted octanol–water partition coefficient (Wildman–Crippen LogP) is 1.61. The van der Waals surface area contributed by atoms with Crippen LogP contribution in [-0.4, -0.2) is 24.4 Å². The standard InChI is InChI=1S/C13H16F2N2O2/c1-3-8(2)17-12(18)7-16-13(19)10-5-4-9(14)6-11(10)15/h4-6,8H,3,7H2,1-2H3,(H,16,19)(H,17,18). The molecule has 1 aromatic rings. The molecule has 0 fully saturated rings. The minimum Gasteiger partial charge on any atom is -0.352 e. The summed E-state index contributed by atoms with van der Waals surface area (Å²) in [6, 6.07) is 2.64. The van der Waals surface area contributed by atoms with Crippen LogP contribution in [0.2, 0.25) is 0 Å². The van der Waals surface area contributed by atoms with Crippen LogP contribution in [0.25, 0.3) is 0 Å². The summed E-state index contributed by atoms with van der Waals surface area (Å²) in [5, 5.41) is 4.93. The van der Waals surface area contributed by atoms with Crippen molar-refractivity contribution in [3.05, 3.63) is 35.4 Å². The van der Waals surface area contributed by atoms with Crippen LogP contribution in [0.1, 0.15) is 30.6 Å². The van der Waals surface area contributed by atoms with Gasteiger partial charge in [-0.25, -0.2) is 8.78 Å². The Morgan fingerprint density at radius 2 is 2.00 bits per heavy atom. The second-order valence-electron chi connectivity index (χ2n) is 4.18. The van der Waals surface area contributed by atoms with Gasteiger partial charge in [-0.1, -0.05) is 6.92 Å². The van der Waals surface area contributed by atoms with E-state index >= 15 is 0 Å². The van der Waals surface area contributed by atoms with Crippen molar-refractivity contribution in [1.82, 2.24) is 10.6 Å². The molecule has 2 N–H and O–H groups in total. The Kier molecular flexibility index (Phi) is 5.41. The summed E-state index contributed by atoms with van der Waals surface area (Å²) in [5.41, 5.74) is -0.294. The zero-order chi connectivity index (χ0) is 14.4. The van der Waals surface area contributed by atoms with Crippen LogP contribution in [0.15, 0.2) is 18.2 Å². The van der Waals surface area contributed by atoms with E-state index in [-0.39, 0.29) is 24.1 Å². The molecule has 104 valence electrons. The lowest BCUT2D eigenvalue weighted by atomic mass is 10.2. The first-order valence-electron chi connectivity index (χ1n) is 5.96. The third kappa shape index (κ3) is 4.65. The number of benzene rings is 1. The van der Waals surface area contributed by atoms with E-state index < -0.39 is 17.5 Å². The quantitative estimate of drug-likeness (QED) is 0.854. The van der Waals surface area contributed by atoms with Gasteiger partial charge in [-0.15, -0.1) is 0 Å². The molecule has 0 saturated carbocycles. The van der Waals surface area contributed by atoms with Gasteiger partial charge in [-0.05, 0) is 25.5 Å². The Bertz CT molecular complexity index is 478. The number of amides is 2.